The van der Waals surface area contributed by atoms with E-state index < -0.39 is 11.6 Å². The number of aromatic nitrogens is 4. The van der Waals surface area contributed by atoms with Gasteiger partial charge in [-0.25, -0.2) is 13.2 Å². The lowest BCUT2D eigenvalue weighted by molar-refractivity contribution is -0.128. The van der Waals surface area contributed by atoms with Crippen LogP contribution in [0, 0.1) is 23.4 Å². The molecular formula is C23H20F3N5O. The van der Waals surface area contributed by atoms with Gasteiger partial charge in [-0.15, -0.1) is 0 Å². The molecule has 1 aliphatic carbocycles. The van der Waals surface area contributed by atoms with Crippen molar-refractivity contribution in [1.82, 2.24) is 25.3 Å². The zero-order valence-corrected chi connectivity index (χ0v) is 17.2. The normalized spacial score (nSPS) is 18.0. The van der Waals surface area contributed by atoms with Gasteiger partial charge in [0.05, 0.1) is 24.0 Å². The smallest absolute Gasteiger partial charge is 0.223 e. The summed E-state index contributed by atoms with van der Waals surface area (Å²) >= 11 is 0. The van der Waals surface area contributed by atoms with Gasteiger partial charge >= 0.3 is 0 Å². The maximum Gasteiger partial charge on any atom is 0.223 e. The van der Waals surface area contributed by atoms with E-state index in [9.17, 15) is 18.0 Å². The fraction of sp³-hybridized carbons (Fsp3) is 0.261. The van der Waals surface area contributed by atoms with Gasteiger partial charge in [0, 0.05) is 24.4 Å². The molecule has 0 saturated heterocycles. The number of amides is 1. The van der Waals surface area contributed by atoms with Crippen LogP contribution in [-0.4, -0.2) is 25.9 Å². The lowest BCUT2D eigenvalue weighted by Crippen LogP contribution is -2.37. The Hall–Kier alpha value is -3.62. The average molecular weight is 439 g/mol. The molecule has 0 aliphatic heterocycles. The maximum atomic E-state index is 14.5. The number of aromatic amines is 1. The standard InChI is InChI=1S/C23H20F3N5O/c1-31-28-11-17(30-31)10-27-23(32)14-6-13(7-14)20-18-8-16(25)9-19(26)22(18)29-21(20)12-2-4-15(24)5-3-12/h2-5,8-9,11,13-14,29H,6-7,10H2,1H3,(H,27,32). The SMILES string of the molecule is Cn1ncc(CNC(=O)C2CC(c3c(-c4ccc(F)cc4)[nH]c4c(F)cc(F)cc34)C2)n1. The minimum atomic E-state index is -0.688. The van der Waals surface area contributed by atoms with Crippen LogP contribution in [0.5, 0.6) is 0 Å². The minimum absolute atomic E-state index is 0.0581. The first-order chi connectivity index (χ1) is 15.4. The molecule has 0 spiro atoms. The number of hydrogen-bond donors (Lipinski definition) is 2. The first-order valence-electron chi connectivity index (χ1n) is 10.3. The maximum absolute atomic E-state index is 14.5. The fourth-order valence-corrected chi connectivity index (χ4v) is 4.37. The summed E-state index contributed by atoms with van der Waals surface area (Å²) in [6, 6.07) is 7.98. The van der Waals surface area contributed by atoms with Gasteiger partial charge in [-0.05, 0) is 60.2 Å². The van der Waals surface area contributed by atoms with Crippen LogP contribution >= 0.6 is 0 Å². The molecule has 0 radical (unpaired) electrons. The molecule has 32 heavy (non-hydrogen) atoms. The van der Waals surface area contributed by atoms with E-state index >= 15 is 0 Å². The lowest BCUT2D eigenvalue weighted by Gasteiger charge is -2.35. The van der Waals surface area contributed by atoms with E-state index in [1.807, 2.05) is 0 Å². The summed E-state index contributed by atoms with van der Waals surface area (Å²) < 4.78 is 41.9. The third-order valence-electron chi connectivity index (χ3n) is 6.01. The quantitative estimate of drug-likeness (QED) is 0.490. The van der Waals surface area contributed by atoms with E-state index in [4.69, 9.17) is 0 Å². The summed E-state index contributed by atoms with van der Waals surface area (Å²) in [5, 5.41) is 11.4. The molecule has 2 aromatic heterocycles. The highest BCUT2D eigenvalue weighted by molar-refractivity contribution is 5.92. The highest BCUT2D eigenvalue weighted by Gasteiger charge is 2.38. The van der Waals surface area contributed by atoms with E-state index in [1.54, 1.807) is 25.4 Å². The molecule has 2 heterocycles. The minimum Gasteiger partial charge on any atom is -0.352 e. The zero-order valence-electron chi connectivity index (χ0n) is 17.2. The van der Waals surface area contributed by atoms with Crippen LogP contribution in [0.3, 0.4) is 0 Å². The summed E-state index contributed by atoms with van der Waals surface area (Å²) in [6.45, 7) is 0.290. The van der Waals surface area contributed by atoms with Gasteiger partial charge in [-0.3, -0.25) is 4.79 Å². The lowest BCUT2D eigenvalue weighted by atomic mass is 9.70. The first-order valence-corrected chi connectivity index (χ1v) is 10.3. The van der Waals surface area contributed by atoms with Crippen molar-refractivity contribution in [3.8, 4) is 11.3 Å². The van der Waals surface area contributed by atoms with Crippen LogP contribution in [0.1, 0.15) is 30.0 Å². The van der Waals surface area contributed by atoms with Crippen molar-refractivity contribution in [2.75, 3.05) is 0 Å². The van der Waals surface area contributed by atoms with Crippen LogP contribution < -0.4 is 5.32 Å². The molecule has 0 unspecified atom stereocenters. The number of aryl methyl sites for hydroxylation is 1. The molecule has 0 atom stereocenters. The Bertz CT molecular complexity index is 1310. The number of H-pyrrole nitrogens is 1. The molecule has 6 nitrogen and oxygen atoms in total. The number of halogens is 3. The molecule has 0 bridgehead atoms. The second-order valence-corrected chi connectivity index (χ2v) is 8.14. The molecule has 5 rings (SSSR count). The molecule has 2 aromatic carbocycles. The summed E-state index contributed by atoms with van der Waals surface area (Å²) in [7, 11) is 1.70. The van der Waals surface area contributed by atoms with E-state index in [1.165, 1.54) is 23.0 Å². The topological polar surface area (TPSA) is 75.6 Å². The van der Waals surface area contributed by atoms with Crippen molar-refractivity contribution in [2.24, 2.45) is 13.0 Å². The molecule has 1 saturated carbocycles. The predicted octanol–water partition coefficient (Wildman–Crippen LogP) is 4.19. The Morgan fingerprint density at radius 3 is 2.59 bits per heavy atom. The van der Waals surface area contributed by atoms with E-state index in [0.717, 1.165) is 11.6 Å². The van der Waals surface area contributed by atoms with Crippen LogP contribution in [0.15, 0.2) is 42.6 Å². The van der Waals surface area contributed by atoms with Gasteiger partial charge in [0.15, 0.2) is 0 Å². The van der Waals surface area contributed by atoms with Gasteiger partial charge in [-0.2, -0.15) is 15.0 Å². The fourth-order valence-electron chi connectivity index (χ4n) is 4.37. The molecule has 1 aliphatic rings. The van der Waals surface area contributed by atoms with Crippen LogP contribution in [0.25, 0.3) is 22.2 Å². The molecule has 1 amide bonds. The summed E-state index contributed by atoms with van der Waals surface area (Å²) in [6.07, 6.45) is 2.69. The summed E-state index contributed by atoms with van der Waals surface area (Å²) in [4.78, 5) is 17.0. The van der Waals surface area contributed by atoms with Crippen molar-refractivity contribution in [1.29, 1.82) is 0 Å². The van der Waals surface area contributed by atoms with Gasteiger partial charge in [-0.1, -0.05) is 0 Å². The monoisotopic (exact) mass is 439 g/mol. The van der Waals surface area contributed by atoms with Gasteiger partial charge in [0.2, 0.25) is 5.91 Å². The van der Waals surface area contributed by atoms with Crippen molar-refractivity contribution in [3.05, 3.63) is 71.3 Å². The van der Waals surface area contributed by atoms with Crippen molar-refractivity contribution < 1.29 is 18.0 Å². The Morgan fingerprint density at radius 1 is 1.16 bits per heavy atom. The second kappa shape index (κ2) is 7.81. The highest BCUT2D eigenvalue weighted by atomic mass is 19.1. The van der Waals surface area contributed by atoms with Crippen LogP contribution in [-0.2, 0) is 18.4 Å². The Morgan fingerprint density at radius 2 is 1.91 bits per heavy atom. The third kappa shape index (κ3) is 3.63. The predicted molar refractivity (Wildman–Crippen MR) is 112 cm³/mol. The number of carbonyl (C=O) groups is 1. The van der Waals surface area contributed by atoms with Gasteiger partial charge < -0.3 is 10.3 Å². The number of rotatable bonds is 5. The van der Waals surface area contributed by atoms with E-state index in [-0.39, 0.29) is 35.6 Å². The average Bonchev–Trinajstić information content (AvgIpc) is 3.30. The van der Waals surface area contributed by atoms with Crippen molar-refractivity contribution >= 4 is 16.8 Å². The number of fused-ring (bicyclic) bond motifs is 1. The number of benzene rings is 2. The Labute approximate surface area is 181 Å². The number of hydrogen-bond acceptors (Lipinski definition) is 3. The van der Waals surface area contributed by atoms with E-state index in [0.29, 0.717) is 35.2 Å². The molecule has 9 heteroatoms. The third-order valence-corrected chi connectivity index (χ3v) is 6.01. The van der Waals surface area contributed by atoms with Crippen LogP contribution in [0.4, 0.5) is 13.2 Å². The zero-order chi connectivity index (χ0) is 22.4. The van der Waals surface area contributed by atoms with Crippen molar-refractivity contribution in [3.63, 3.8) is 0 Å². The first kappa shape index (κ1) is 20.3. The Balaban J connectivity index is 1.40. The van der Waals surface area contributed by atoms with E-state index in [2.05, 4.69) is 20.5 Å². The molecule has 2 N–H and O–H groups in total. The Kier molecular flexibility index (Phi) is 4.96. The second-order valence-electron chi connectivity index (χ2n) is 8.14. The number of nitrogens with one attached hydrogen (secondary N) is 2. The summed E-state index contributed by atoms with van der Waals surface area (Å²) in [5.74, 6) is -2.09. The summed E-state index contributed by atoms with van der Waals surface area (Å²) in [5.41, 5.74) is 2.91. The molecule has 164 valence electrons. The van der Waals surface area contributed by atoms with Crippen molar-refractivity contribution in [2.45, 2.75) is 25.3 Å². The largest absolute Gasteiger partial charge is 0.352 e. The van der Waals surface area contributed by atoms with Gasteiger partial charge in [0.25, 0.3) is 0 Å². The molecule has 1 fully saturated rings. The van der Waals surface area contributed by atoms with Gasteiger partial charge in [0.1, 0.15) is 23.1 Å². The van der Waals surface area contributed by atoms with Crippen LogP contribution in [0.2, 0.25) is 0 Å². The molecular weight excluding hydrogens is 419 g/mol. The number of nitrogens with zero attached hydrogens (tertiary/aromatic N) is 3. The number of carbonyl (C=O) groups excluding carboxylic acids is 1. The molecule has 4 aromatic rings. The highest BCUT2D eigenvalue weighted by Crippen LogP contribution is 2.48.